The van der Waals surface area contributed by atoms with E-state index in [-0.39, 0.29) is 11.3 Å². The number of ketones is 1. The highest BCUT2D eigenvalue weighted by molar-refractivity contribution is 5.81. The highest BCUT2D eigenvalue weighted by atomic mass is 16.5. The van der Waals surface area contributed by atoms with E-state index < -0.39 is 0 Å². The zero-order chi connectivity index (χ0) is 9.90. The van der Waals surface area contributed by atoms with Crippen molar-refractivity contribution in [3.8, 4) is 0 Å². The maximum absolute atomic E-state index is 11.7. The molecule has 0 aromatic heterocycles. The van der Waals surface area contributed by atoms with Crippen molar-refractivity contribution in [1.82, 2.24) is 0 Å². The van der Waals surface area contributed by atoms with E-state index in [9.17, 15) is 4.79 Å². The monoisotopic (exact) mass is 184 g/mol. The minimum atomic E-state index is 0.120. The third-order valence-electron chi connectivity index (χ3n) is 2.32. The van der Waals surface area contributed by atoms with Gasteiger partial charge in [-0.1, -0.05) is 20.8 Å². The fourth-order valence-corrected chi connectivity index (χ4v) is 1.66. The molecule has 1 fully saturated rings. The van der Waals surface area contributed by atoms with Crippen LogP contribution in [0.5, 0.6) is 0 Å². The van der Waals surface area contributed by atoms with Gasteiger partial charge in [-0.15, -0.1) is 0 Å². The van der Waals surface area contributed by atoms with Gasteiger partial charge in [0.15, 0.2) is 0 Å². The topological polar surface area (TPSA) is 26.3 Å². The van der Waals surface area contributed by atoms with Gasteiger partial charge in [-0.05, 0) is 18.3 Å². The summed E-state index contributed by atoms with van der Waals surface area (Å²) in [7, 11) is 0. The predicted octanol–water partition coefficient (Wildman–Crippen LogP) is 2.42. The molecular formula is C11H20O2. The van der Waals surface area contributed by atoms with E-state index in [1.165, 1.54) is 0 Å². The average Bonchev–Trinajstić information content (AvgIpc) is 2.03. The third kappa shape index (κ3) is 3.90. The summed E-state index contributed by atoms with van der Waals surface area (Å²) in [6.45, 7) is 7.80. The first-order valence-electron chi connectivity index (χ1n) is 5.09. The van der Waals surface area contributed by atoms with E-state index in [4.69, 9.17) is 4.74 Å². The van der Waals surface area contributed by atoms with Gasteiger partial charge in [0.05, 0.1) is 6.61 Å². The molecule has 2 nitrogen and oxygen atoms in total. The fraction of sp³-hybridized carbons (Fsp3) is 0.909. The van der Waals surface area contributed by atoms with Crippen molar-refractivity contribution >= 4 is 5.78 Å². The van der Waals surface area contributed by atoms with Gasteiger partial charge in [0.2, 0.25) is 0 Å². The van der Waals surface area contributed by atoms with E-state index in [2.05, 4.69) is 20.8 Å². The molecule has 1 heterocycles. The summed E-state index contributed by atoms with van der Waals surface area (Å²) in [5.74, 6) is 0.556. The van der Waals surface area contributed by atoms with Crippen LogP contribution in [0.4, 0.5) is 0 Å². The van der Waals surface area contributed by atoms with Crippen molar-refractivity contribution < 1.29 is 9.53 Å². The van der Waals surface area contributed by atoms with Crippen LogP contribution in [-0.2, 0) is 9.53 Å². The average molecular weight is 184 g/mol. The largest absolute Gasteiger partial charge is 0.381 e. The molecule has 1 aliphatic rings. The second-order valence-electron chi connectivity index (χ2n) is 5.12. The summed E-state index contributed by atoms with van der Waals surface area (Å²) < 4.78 is 5.30. The van der Waals surface area contributed by atoms with Gasteiger partial charge in [-0.3, -0.25) is 4.79 Å². The number of carbonyl (C=O) groups is 1. The molecule has 0 aliphatic carbocycles. The van der Waals surface area contributed by atoms with Gasteiger partial charge in [0.1, 0.15) is 5.78 Å². The van der Waals surface area contributed by atoms with Gasteiger partial charge < -0.3 is 4.74 Å². The Kier molecular flexibility index (Phi) is 3.48. The first-order chi connectivity index (χ1) is 5.99. The summed E-state index contributed by atoms with van der Waals surface area (Å²) in [5, 5.41) is 0. The van der Waals surface area contributed by atoms with Crippen molar-refractivity contribution in [2.24, 2.45) is 11.3 Å². The van der Waals surface area contributed by atoms with E-state index in [0.29, 0.717) is 18.8 Å². The summed E-state index contributed by atoms with van der Waals surface area (Å²) in [6.07, 6.45) is 2.75. The molecule has 2 heteroatoms. The van der Waals surface area contributed by atoms with Crippen molar-refractivity contribution in [2.75, 3.05) is 13.2 Å². The van der Waals surface area contributed by atoms with E-state index in [1.54, 1.807) is 0 Å². The zero-order valence-electron chi connectivity index (χ0n) is 8.93. The number of hydrogen-bond acceptors (Lipinski definition) is 2. The van der Waals surface area contributed by atoms with Crippen molar-refractivity contribution in [1.29, 1.82) is 0 Å². The smallest absolute Gasteiger partial charge is 0.138 e. The first kappa shape index (κ1) is 10.7. The maximum atomic E-state index is 11.7. The summed E-state index contributed by atoms with van der Waals surface area (Å²) >= 11 is 0. The van der Waals surface area contributed by atoms with Crippen molar-refractivity contribution in [3.63, 3.8) is 0 Å². The number of ether oxygens (including phenoxy) is 1. The molecule has 1 saturated heterocycles. The third-order valence-corrected chi connectivity index (χ3v) is 2.32. The predicted molar refractivity (Wildman–Crippen MR) is 52.6 cm³/mol. The zero-order valence-corrected chi connectivity index (χ0v) is 8.93. The summed E-state index contributed by atoms with van der Waals surface area (Å²) in [6, 6.07) is 0. The molecule has 1 rings (SSSR count). The summed E-state index contributed by atoms with van der Waals surface area (Å²) in [5.41, 5.74) is 0.120. The SMILES string of the molecule is CC(C)(C)CC(=O)C1CCCOC1. The molecule has 0 aromatic rings. The number of carbonyl (C=O) groups excluding carboxylic acids is 1. The Bertz CT molecular complexity index is 173. The van der Waals surface area contributed by atoms with Crippen LogP contribution in [0.2, 0.25) is 0 Å². The molecular weight excluding hydrogens is 164 g/mol. The second-order valence-corrected chi connectivity index (χ2v) is 5.12. The molecule has 0 aromatic carbocycles. The van der Waals surface area contributed by atoms with Crippen LogP contribution >= 0.6 is 0 Å². The lowest BCUT2D eigenvalue weighted by Gasteiger charge is -2.24. The number of hydrogen-bond donors (Lipinski definition) is 0. The molecule has 0 N–H and O–H groups in total. The van der Waals surface area contributed by atoms with E-state index in [1.807, 2.05) is 0 Å². The lowest BCUT2D eigenvalue weighted by atomic mass is 9.84. The molecule has 0 radical (unpaired) electrons. The Morgan fingerprint density at radius 2 is 2.15 bits per heavy atom. The molecule has 0 amide bonds. The standard InChI is InChI=1S/C11H20O2/c1-11(2,3)7-10(12)9-5-4-6-13-8-9/h9H,4-8H2,1-3H3. The van der Waals surface area contributed by atoms with Crippen molar-refractivity contribution in [2.45, 2.75) is 40.0 Å². The normalized spacial score (nSPS) is 24.4. The molecule has 1 atom stereocenters. The maximum Gasteiger partial charge on any atom is 0.138 e. The lowest BCUT2D eigenvalue weighted by Crippen LogP contribution is -2.28. The molecule has 0 bridgehead atoms. The van der Waals surface area contributed by atoms with Crippen LogP contribution in [0, 0.1) is 11.3 Å². The van der Waals surface area contributed by atoms with Crippen LogP contribution in [0.1, 0.15) is 40.0 Å². The van der Waals surface area contributed by atoms with Crippen LogP contribution < -0.4 is 0 Å². The minimum absolute atomic E-state index is 0.120. The Balaban J connectivity index is 2.38. The molecule has 13 heavy (non-hydrogen) atoms. The second kappa shape index (κ2) is 4.23. The fourth-order valence-electron chi connectivity index (χ4n) is 1.66. The van der Waals surface area contributed by atoms with Gasteiger partial charge in [0, 0.05) is 18.9 Å². The highest BCUT2D eigenvalue weighted by Crippen LogP contribution is 2.24. The molecule has 1 unspecified atom stereocenters. The number of rotatable bonds is 2. The van der Waals surface area contributed by atoms with Crippen molar-refractivity contribution in [3.05, 3.63) is 0 Å². The molecule has 76 valence electrons. The van der Waals surface area contributed by atoms with E-state index >= 15 is 0 Å². The van der Waals surface area contributed by atoms with Gasteiger partial charge in [0.25, 0.3) is 0 Å². The van der Waals surface area contributed by atoms with Gasteiger partial charge in [-0.25, -0.2) is 0 Å². The quantitative estimate of drug-likeness (QED) is 0.658. The molecule has 1 aliphatic heterocycles. The Morgan fingerprint density at radius 3 is 2.62 bits per heavy atom. The van der Waals surface area contributed by atoms with Gasteiger partial charge >= 0.3 is 0 Å². The highest BCUT2D eigenvalue weighted by Gasteiger charge is 2.25. The van der Waals surface area contributed by atoms with Crippen LogP contribution in [0.15, 0.2) is 0 Å². The van der Waals surface area contributed by atoms with Gasteiger partial charge in [-0.2, -0.15) is 0 Å². The Hall–Kier alpha value is -0.370. The summed E-state index contributed by atoms with van der Waals surface area (Å²) in [4.78, 5) is 11.7. The van der Waals surface area contributed by atoms with Crippen LogP contribution in [-0.4, -0.2) is 19.0 Å². The minimum Gasteiger partial charge on any atom is -0.381 e. The Labute approximate surface area is 80.7 Å². The van der Waals surface area contributed by atoms with Crippen LogP contribution in [0.25, 0.3) is 0 Å². The molecule has 0 spiro atoms. The lowest BCUT2D eigenvalue weighted by molar-refractivity contribution is -0.128. The Morgan fingerprint density at radius 1 is 1.46 bits per heavy atom. The first-order valence-corrected chi connectivity index (χ1v) is 5.09. The molecule has 0 saturated carbocycles. The van der Waals surface area contributed by atoms with E-state index in [0.717, 1.165) is 19.4 Å². The number of Topliss-reactive ketones (excluding diaryl/α,β-unsaturated/α-hetero) is 1. The van der Waals surface area contributed by atoms with Crippen LogP contribution in [0.3, 0.4) is 0 Å².